The van der Waals surface area contributed by atoms with Gasteiger partial charge in [0.1, 0.15) is 5.75 Å². The Kier molecular flexibility index (Phi) is 7.22. The van der Waals surface area contributed by atoms with Crippen LogP contribution in [-0.2, 0) is 0 Å². The highest BCUT2D eigenvalue weighted by molar-refractivity contribution is 14.1. The van der Waals surface area contributed by atoms with Crippen molar-refractivity contribution in [2.24, 2.45) is 0 Å². The molecule has 0 fully saturated rings. The standard InChI is InChI=1S/C15H10BrI3O4/c1-21-12-5-9(16)11(6-13(12)22-2)23-15(20)8-3-7(17)4-10(18)14(8)19/h3-6H,1-2H3. The Bertz CT molecular complexity index is 765. The van der Waals surface area contributed by atoms with Crippen molar-refractivity contribution >= 4 is 89.7 Å². The molecular weight excluding hydrogens is 705 g/mol. The molecule has 0 bridgehead atoms. The van der Waals surface area contributed by atoms with Crippen LogP contribution in [0.15, 0.2) is 28.7 Å². The van der Waals surface area contributed by atoms with Crippen molar-refractivity contribution < 1.29 is 19.0 Å². The molecule has 2 rings (SSSR count). The SMILES string of the molecule is COc1cc(Br)c(OC(=O)c2cc(I)cc(I)c2I)cc1OC. The molecule has 122 valence electrons. The van der Waals surface area contributed by atoms with Crippen LogP contribution in [0.1, 0.15) is 10.4 Å². The summed E-state index contributed by atoms with van der Waals surface area (Å²) in [7, 11) is 3.08. The molecule has 0 spiro atoms. The highest BCUT2D eigenvalue weighted by Crippen LogP contribution is 2.38. The maximum absolute atomic E-state index is 12.5. The molecule has 0 aromatic heterocycles. The Balaban J connectivity index is 2.38. The summed E-state index contributed by atoms with van der Waals surface area (Å²) in [6.45, 7) is 0. The molecule has 0 atom stereocenters. The average Bonchev–Trinajstić information content (AvgIpc) is 2.52. The zero-order chi connectivity index (χ0) is 17.1. The van der Waals surface area contributed by atoms with Gasteiger partial charge in [-0.2, -0.15) is 0 Å². The van der Waals surface area contributed by atoms with Gasteiger partial charge in [0, 0.05) is 22.8 Å². The predicted octanol–water partition coefficient (Wildman–Crippen LogP) is 5.50. The van der Waals surface area contributed by atoms with Crippen molar-refractivity contribution in [3.05, 3.63) is 45.0 Å². The largest absolute Gasteiger partial charge is 0.493 e. The summed E-state index contributed by atoms with van der Waals surface area (Å²) in [4.78, 5) is 12.5. The second kappa shape index (κ2) is 8.52. The monoisotopic (exact) mass is 714 g/mol. The number of hydrogen-bond acceptors (Lipinski definition) is 4. The third kappa shape index (κ3) is 4.63. The molecule has 0 aliphatic carbocycles. The van der Waals surface area contributed by atoms with E-state index in [2.05, 4.69) is 83.7 Å². The quantitative estimate of drug-likeness (QED) is 0.182. The number of ether oxygens (including phenoxy) is 3. The summed E-state index contributed by atoms with van der Waals surface area (Å²) in [5.41, 5.74) is 0.531. The van der Waals surface area contributed by atoms with Gasteiger partial charge >= 0.3 is 5.97 Å². The molecule has 0 unspecified atom stereocenters. The number of halogens is 4. The maximum Gasteiger partial charge on any atom is 0.344 e. The first-order valence-corrected chi connectivity index (χ1v) is 10.2. The van der Waals surface area contributed by atoms with Crippen LogP contribution in [0, 0.1) is 10.7 Å². The van der Waals surface area contributed by atoms with Crippen LogP contribution < -0.4 is 14.2 Å². The van der Waals surface area contributed by atoms with Crippen LogP contribution in [0.4, 0.5) is 0 Å². The molecule has 23 heavy (non-hydrogen) atoms. The van der Waals surface area contributed by atoms with E-state index in [1.165, 1.54) is 7.11 Å². The Labute approximate surface area is 183 Å². The van der Waals surface area contributed by atoms with Gasteiger partial charge in [-0.1, -0.05) is 0 Å². The van der Waals surface area contributed by atoms with Gasteiger partial charge in [-0.05, 0) is 95.8 Å². The van der Waals surface area contributed by atoms with Crippen LogP contribution in [0.25, 0.3) is 0 Å². The van der Waals surface area contributed by atoms with Gasteiger partial charge in [-0.25, -0.2) is 4.79 Å². The molecule has 0 radical (unpaired) electrons. The number of rotatable bonds is 4. The van der Waals surface area contributed by atoms with Crippen molar-refractivity contribution in [1.82, 2.24) is 0 Å². The number of benzene rings is 2. The summed E-state index contributed by atoms with van der Waals surface area (Å²) in [6.07, 6.45) is 0. The van der Waals surface area contributed by atoms with Crippen molar-refractivity contribution in [3.63, 3.8) is 0 Å². The fraction of sp³-hybridized carbons (Fsp3) is 0.133. The molecule has 2 aromatic carbocycles. The van der Waals surface area contributed by atoms with Gasteiger partial charge in [-0.15, -0.1) is 0 Å². The fourth-order valence-electron chi connectivity index (χ4n) is 1.77. The van der Waals surface area contributed by atoms with Crippen molar-refractivity contribution in [3.8, 4) is 17.2 Å². The zero-order valence-electron chi connectivity index (χ0n) is 12.0. The Hall–Kier alpha value is 0.180. The molecule has 2 aromatic rings. The number of carbonyl (C=O) groups is 1. The lowest BCUT2D eigenvalue weighted by Crippen LogP contribution is -2.12. The van der Waals surface area contributed by atoms with Crippen molar-refractivity contribution in [2.75, 3.05) is 14.2 Å². The number of carbonyl (C=O) groups excluding carboxylic acids is 1. The molecular formula is C15H10BrI3O4. The topological polar surface area (TPSA) is 44.8 Å². The second-order valence-electron chi connectivity index (χ2n) is 4.28. The molecule has 0 amide bonds. The summed E-state index contributed by atoms with van der Waals surface area (Å²) < 4.78 is 19.4. The fourth-order valence-corrected chi connectivity index (χ4v) is 4.55. The second-order valence-corrected chi connectivity index (χ2v) is 8.62. The minimum atomic E-state index is -0.418. The van der Waals surface area contributed by atoms with Crippen LogP contribution in [-0.4, -0.2) is 20.2 Å². The molecule has 0 N–H and O–H groups in total. The molecule has 0 aliphatic rings. The summed E-state index contributed by atoms with van der Waals surface area (Å²) in [5.74, 6) is 0.999. The Morgan fingerprint density at radius 1 is 0.957 bits per heavy atom. The highest BCUT2D eigenvalue weighted by atomic mass is 127. The molecule has 0 aliphatic heterocycles. The predicted molar refractivity (Wildman–Crippen MR) is 117 cm³/mol. The zero-order valence-corrected chi connectivity index (χ0v) is 20.0. The minimum absolute atomic E-state index is 0.373. The third-order valence-corrected chi connectivity index (χ3v) is 7.14. The van der Waals surface area contributed by atoms with E-state index in [-0.39, 0.29) is 0 Å². The number of hydrogen-bond donors (Lipinski definition) is 0. The van der Waals surface area contributed by atoms with Crippen LogP contribution in [0.3, 0.4) is 0 Å². The molecule has 0 saturated carbocycles. The van der Waals surface area contributed by atoms with Gasteiger partial charge in [0.05, 0.1) is 24.3 Å². The molecule has 8 heteroatoms. The van der Waals surface area contributed by atoms with E-state index in [1.54, 1.807) is 19.2 Å². The first-order chi connectivity index (χ1) is 10.9. The van der Waals surface area contributed by atoms with E-state index in [4.69, 9.17) is 14.2 Å². The van der Waals surface area contributed by atoms with Gasteiger partial charge in [-0.3, -0.25) is 0 Å². The van der Waals surface area contributed by atoms with Gasteiger partial charge in [0.2, 0.25) is 0 Å². The van der Waals surface area contributed by atoms with E-state index in [9.17, 15) is 4.79 Å². The Morgan fingerprint density at radius 2 is 1.57 bits per heavy atom. The van der Waals surface area contributed by atoms with Crippen LogP contribution in [0.5, 0.6) is 17.2 Å². The van der Waals surface area contributed by atoms with E-state index in [1.807, 2.05) is 12.1 Å². The number of methoxy groups -OCH3 is 2. The Morgan fingerprint density at radius 3 is 2.17 bits per heavy atom. The van der Waals surface area contributed by atoms with E-state index >= 15 is 0 Å². The summed E-state index contributed by atoms with van der Waals surface area (Å²) in [5, 5.41) is 0. The summed E-state index contributed by atoms with van der Waals surface area (Å²) in [6, 6.07) is 7.13. The van der Waals surface area contributed by atoms with Crippen LogP contribution >= 0.6 is 83.7 Å². The van der Waals surface area contributed by atoms with Crippen molar-refractivity contribution in [2.45, 2.75) is 0 Å². The molecule has 0 heterocycles. The first kappa shape index (κ1) is 19.5. The van der Waals surface area contributed by atoms with Gasteiger partial charge in [0.15, 0.2) is 11.5 Å². The van der Waals surface area contributed by atoms with Gasteiger partial charge in [0.25, 0.3) is 0 Å². The van der Waals surface area contributed by atoms with E-state index in [0.717, 1.165) is 10.7 Å². The lowest BCUT2D eigenvalue weighted by atomic mass is 10.2. The molecule has 0 saturated heterocycles. The minimum Gasteiger partial charge on any atom is -0.493 e. The normalized spacial score (nSPS) is 10.3. The first-order valence-electron chi connectivity index (χ1n) is 6.15. The average molecular weight is 715 g/mol. The summed E-state index contributed by atoms with van der Waals surface area (Å²) >= 11 is 9.91. The smallest absolute Gasteiger partial charge is 0.344 e. The molecule has 4 nitrogen and oxygen atoms in total. The number of esters is 1. The van der Waals surface area contributed by atoms with E-state index in [0.29, 0.717) is 27.3 Å². The van der Waals surface area contributed by atoms with Crippen molar-refractivity contribution in [1.29, 1.82) is 0 Å². The highest BCUT2D eigenvalue weighted by Gasteiger charge is 2.19. The lowest BCUT2D eigenvalue weighted by molar-refractivity contribution is 0.0731. The lowest BCUT2D eigenvalue weighted by Gasteiger charge is -2.13. The third-order valence-electron chi connectivity index (χ3n) is 2.85. The van der Waals surface area contributed by atoms with Gasteiger partial charge < -0.3 is 14.2 Å². The van der Waals surface area contributed by atoms with Crippen LogP contribution in [0.2, 0.25) is 0 Å². The maximum atomic E-state index is 12.5. The van der Waals surface area contributed by atoms with E-state index < -0.39 is 5.97 Å².